The lowest BCUT2D eigenvalue weighted by molar-refractivity contribution is 0.100. The number of carbonyl (C=O) groups excluding carboxylic acids is 2. The molecular formula is C33H38ClN7O4. The molecular weight excluding hydrogens is 594 g/mol. The molecule has 0 bridgehead atoms. The summed E-state index contributed by atoms with van der Waals surface area (Å²) in [7, 11) is 5.40. The molecule has 3 heterocycles. The van der Waals surface area contributed by atoms with Crippen LogP contribution in [0, 0.1) is 6.92 Å². The molecule has 0 saturated heterocycles. The van der Waals surface area contributed by atoms with E-state index in [1.54, 1.807) is 18.2 Å². The van der Waals surface area contributed by atoms with Crippen LogP contribution in [0.5, 0.6) is 5.88 Å². The zero-order valence-electron chi connectivity index (χ0n) is 26.1. The molecule has 0 spiro atoms. The monoisotopic (exact) mass is 631 g/mol. The highest BCUT2D eigenvalue weighted by Crippen LogP contribution is 2.37. The molecule has 4 N–H and O–H groups in total. The number of ether oxygens (including phenoxy) is 1. The predicted molar refractivity (Wildman–Crippen MR) is 175 cm³/mol. The number of anilines is 2. The molecule has 0 aliphatic carbocycles. The smallest absolute Gasteiger partial charge is 0.291 e. The first-order valence-electron chi connectivity index (χ1n) is 14.7. The molecule has 2 aromatic carbocycles. The summed E-state index contributed by atoms with van der Waals surface area (Å²) in [5.41, 5.74) is 6.31. The van der Waals surface area contributed by atoms with Crippen molar-refractivity contribution in [3.8, 4) is 17.0 Å². The van der Waals surface area contributed by atoms with Crippen molar-refractivity contribution in [3.63, 3.8) is 0 Å². The highest BCUT2D eigenvalue weighted by atomic mass is 35.5. The van der Waals surface area contributed by atoms with Gasteiger partial charge in [0, 0.05) is 61.7 Å². The number of aliphatic hydroxyl groups is 1. The maximum absolute atomic E-state index is 13.3. The summed E-state index contributed by atoms with van der Waals surface area (Å²) in [5, 5.41) is 18.7. The second-order valence-electron chi connectivity index (χ2n) is 11.3. The number of rotatable bonds is 10. The number of methoxy groups -OCH3 is 1. The molecule has 1 atom stereocenters. The molecule has 11 nitrogen and oxygen atoms in total. The highest BCUT2D eigenvalue weighted by molar-refractivity contribution is 6.36. The van der Waals surface area contributed by atoms with E-state index in [1.807, 2.05) is 62.8 Å². The Labute approximate surface area is 267 Å². The quantitative estimate of drug-likeness (QED) is 0.202. The Balaban J connectivity index is 1.35. The number of aliphatic hydroxyl groups excluding tert-OH is 1. The fourth-order valence-corrected chi connectivity index (χ4v) is 5.66. The Morgan fingerprint density at radius 3 is 2.47 bits per heavy atom. The van der Waals surface area contributed by atoms with Crippen molar-refractivity contribution in [1.82, 2.24) is 24.8 Å². The van der Waals surface area contributed by atoms with Crippen molar-refractivity contribution < 1.29 is 19.4 Å². The van der Waals surface area contributed by atoms with E-state index < -0.39 is 5.91 Å². The van der Waals surface area contributed by atoms with Gasteiger partial charge in [0.1, 0.15) is 5.69 Å². The fourth-order valence-electron chi connectivity index (χ4n) is 5.38. The molecule has 1 unspecified atom stereocenters. The number of halogens is 1. The summed E-state index contributed by atoms with van der Waals surface area (Å²) in [6.07, 6.45) is 0.835. The number of nitrogens with zero attached hydrogens (tertiary/aromatic N) is 4. The third-order valence-corrected chi connectivity index (χ3v) is 8.46. The van der Waals surface area contributed by atoms with Gasteiger partial charge < -0.3 is 35.3 Å². The van der Waals surface area contributed by atoms with Crippen molar-refractivity contribution in [3.05, 3.63) is 87.6 Å². The summed E-state index contributed by atoms with van der Waals surface area (Å²) < 4.78 is 7.28. The van der Waals surface area contributed by atoms with Crippen LogP contribution in [0.2, 0.25) is 5.02 Å². The molecule has 2 aromatic heterocycles. The number of imidazole rings is 1. The number of fused-ring (bicyclic) bond motifs is 1. The van der Waals surface area contributed by atoms with Crippen LogP contribution >= 0.6 is 11.6 Å². The summed E-state index contributed by atoms with van der Waals surface area (Å²) in [5.74, 6) is -0.0619. The van der Waals surface area contributed by atoms with Gasteiger partial charge in [-0.15, -0.1) is 0 Å². The van der Waals surface area contributed by atoms with Crippen molar-refractivity contribution in [2.45, 2.75) is 39.4 Å². The Hall–Kier alpha value is -4.29. The lowest BCUT2D eigenvalue weighted by Crippen LogP contribution is -2.29. The number of benzene rings is 2. The van der Waals surface area contributed by atoms with Gasteiger partial charge in [0.2, 0.25) is 5.88 Å². The molecule has 0 saturated carbocycles. The van der Waals surface area contributed by atoms with Gasteiger partial charge in [-0.25, -0.2) is 9.97 Å². The van der Waals surface area contributed by atoms with E-state index in [9.17, 15) is 14.7 Å². The van der Waals surface area contributed by atoms with Gasteiger partial charge in [0.15, 0.2) is 5.82 Å². The van der Waals surface area contributed by atoms with Crippen LogP contribution in [0.15, 0.2) is 48.5 Å². The summed E-state index contributed by atoms with van der Waals surface area (Å²) in [6, 6.07) is 14.3. The van der Waals surface area contributed by atoms with Crippen LogP contribution in [-0.4, -0.2) is 69.7 Å². The van der Waals surface area contributed by atoms with E-state index >= 15 is 0 Å². The van der Waals surface area contributed by atoms with E-state index in [1.165, 1.54) is 7.11 Å². The Bertz CT molecular complexity index is 1740. The summed E-state index contributed by atoms with van der Waals surface area (Å²) >= 11 is 6.88. The average molecular weight is 632 g/mol. The number of hydrogen-bond acceptors (Lipinski definition) is 8. The SMILES string of the molecule is COc1nc(C(=O)Nc2cccc(-c3cccc(NC(=O)c4nc5c(n4C)CCN(C)C5)c3Cl)c2C)ccc1CNC(C)CO. The zero-order valence-corrected chi connectivity index (χ0v) is 26.8. The van der Waals surface area contributed by atoms with Gasteiger partial charge in [0.05, 0.1) is 30.1 Å². The number of aromatic nitrogens is 3. The summed E-state index contributed by atoms with van der Waals surface area (Å²) in [4.78, 5) is 37.8. The molecule has 2 amide bonds. The molecule has 45 heavy (non-hydrogen) atoms. The maximum Gasteiger partial charge on any atom is 0.291 e. The molecule has 1 aliphatic rings. The normalized spacial score (nSPS) is 13.7. The van der Waals surface area contributed by atoms with E-state index in [-0.39, 0.29) is 24.2 Å². The van der Waals surface area contributed by atoms with E-state index in [0.717, 1.165) is 41.0 Å². The van der Waals surface area contributed by atoms with Crippen molar-refractivity contribution in [2.24, 2.45) is 7.05 Å². The lowest BCUT2D eigenvalue weighted by Gasteiger charge is -2.21. The molecule has 12 heteroatoms. The topological polar surface area (TPSA) is 134 Å². The minimum absolute atomic E-state index is 0.00352. The van der Waals surface area contributed by atoms with E-state index in [4.69, 9.17) is 16.3 Å². The lowest BCUT2D eigenvalue weighted by atomic mass is 9.98. The minimum atomic E-state index is -0.396. The first-order valence-corrected chi connectivity index (χ1v) is 15.1. The van der Waals surface area contributed by atoms with Crippen molar-refractivity contribution in [1.29, 1.82) is 0 Å². The van der Waals surface area contributed by atoms with Crippen molar-refractivity contribution in [2.75, 3.05) is 37.9 Å². The Morgan fingerprint density at radius 1 is 1.02 bits per heavy atom. The highest BCUT2D eigenvalue weighted by Gasteiger charge is 2.25. The van der Waals surface area contributed by atoms with Gasteiger partial charge in [-0.3, -0.25) is 9.59 Å². The maximum atomic E-state index is 13.3. The Morgan fingerprint density at radius 2 is 1.73 bits per heavy atom. The number of likely N-dealkylation sites (N-methyl/N-ethyl adjacent to an activating group) is 1. The van der Waals surface area contributed by atoms with Gasteiger partial charge in [-0.2, -0.15) is 0 Å². The molecule has 236 valence electrons. The molecule has 4 aromatic rings. The molecule has 0 radical (unpaired) electrons. The second-order valence-corrected chi connectivity index (χ2v) is 11.6. The number of nitrogens with one attached hydrogen (secondary N) is 3. The van der Waals surface area contributed by atoms with Crippen LogP contribution in [-0.2, 0) is 26.6 Å². The van der Waals surface area contributed by atoms with Crippen LogP contribution < -0.4 is 20.7 Å². The molecule has 0 fully saturated rings. The van der Waals surface area contributed by atoms with Crippen LogP contribution in [0.1, 0.15) is 50.5 Å². The Kier molecular flexibility index (Phi) is 9.83. The number of amides is 2. The van der Waals surface area contributed by atoms with Crippen molar-refractivity contribution >= 4 is 34.8 Å². The first-order chi connectivity index (χ1) is 21.6. The average Bonchev–Trinajstić information content (AvgIpc) is 3.36. The first kappa shape index (κ1) is 32.1. The minimum Gasteiger partial charge on any atom is -0.481 e. The van der Waals surface area contributed by atoms with Gasteiger partial charge in [-0.1, -0.05) is 35.9 Å². The number of carbonyl (C=O) groups is 2. The second kappa shape index (κ2) is 13.8. The predicted octanol–water partition coefficient (Wildman–Crippen LogP) is 4.42. The molecule has 5 rings (SSSR count). The molecule has 1 aliphatic heterocycles. The van der Waals surface area contributed by atoms with E-state index in [2.05, 4.69) is 30.8 Å². The van der Waals surface area contributed by atoms with Crippen LogP contribution in [0.4, 0.5) is 11.4 Å². The fraction of sp³-hybridized carbons (Fsp3) is 0.333. The third-order valence-electron chi connectivity index (χ3n) is 8.05. The van der Waals surface area contributed by atoms with Gasteiger partial charge >= 0.3 is 0 Å². The van der Waals surface area contributed by atoms with Gasteiger partial charge in [-0.05, 0) is 56.3 Å². The van der Waals surface area contributed by atoms with Gasteiger partial charge in [0.25, 0.3) is 11.8 Å². The zero-order chi connectivity index (χ0) is 32.2. The largest absolute Gasteiger partial charge is 0.481 e. The third kappa shape index (κ3) is 6.86. The number of pyridine rings is 1. The van der Waals surface area contributed by atoms with E-state index in [0.29, 0.717) is 46.8 Å². The number of hydrogen-bond donors (Lipinski definition) is 4. The standard InChI is InChI=1S/C33H38ClN7O4/c1-19(18-42)35-16-21-12-13-26(39-33(21)45-5)31(43)37-24-10-6-8-22(20(24)2)23-9-7-11-25(29(23)34)38-32(44)30-36-27-17-40(3)15-14-28(27)41(30)4/h6-13,19,35,42H,14-18H2,1-5H3,(H,37,43)(H,38,44). The van der Waals surface area contributed by atoms with Crippen LogP contribution in [0.3, 0.4) is 0 Å². The summed E-state index contributed by atoms with van der Waals surface area (Å²) in [6.45, 7) is 5.82. The van der Waals surface area contributed by atoms with Crippen LogP contribution in [0.25, 0.3) is 11.1 Å².